The summed E-state index contributed by atoms with van der Waals surface area (Å²) in [6, 6.07) is -0.0133. The Labute approximate surface area is 134 Å². The highest BCUT2D eigenvalue weighted by atomic mass is 32.2. The topological polar surface area (TPSA) is 66.4 Å². The van der Waals surface area contributed by atoms with Crippen molar-refractivity contribution in [1.29, 1.82) is 0 Å². The number of halogens is 3. The molecule has 8 heteroatoms. The maximum atomic E-state index is 13.8. The molecule has 3 unspecified atom stereocenters. The molecule has 4 nitrogen and oxygen atoms in total. The summed E-state index contributed by atoms with van der Waals surface area (Å²) in [4.78, 5) is 12.2. The van der Waals surface area contributed by atoms with Crippen molar-refractivity contribution in [2.45, 2.75) is 43.9 Å². The van der Waals surface area contributed by atoms with Gasteiger partial charge in [-0.25, -0.2) is 8.78 Å². The summed E-state index contributed by atoms with van der Waals surface area (Å²) in [5.74, 6) is -6.79. The van der Waals surface area contributed by atoms with Crippen LogP contribution >= 0.6 is 0 Å². The van der Waals surface area contributed by atoms with E-state index in [1.54, 1.807) is 6.92 Å². The zero-order valence-corrected chi connectivity index (χ0v) is 13.4. The molecule has 0 aliphatic heterocycles. The first-order valence-electron chi connectivity index (χ1n) is 7.41. The van der Waals surface area contributed by atoms with E-state index in [9.17, 15) is 27.3 Å². The molecule has 0 heterocycles. The Morgan fingerprint density at radius 3 is 2.61 bits per heavy atom. The van der Waals surface area contributed by atoms with Crippen LogP contribution in [-0.4, -0.2) is 32.3 Å². The standard InChI is InChI=1S/C15H18F3NO3S/c1-2-23(22)11-6-4-3-5-10(11)19-15(21)8-7-9(16)13(18)14(20)12(8)17/h7,10-11,20H,2-6H2,1H3,(H,19,21). The van der Waals surface area contributed by atoms with Crippen molar-refractivity contribution in [3.8, 4) is 5.75 Å². The highest BCUT2D eigenvalue weighted by Gasteiger charge is 2.32. The molecule has 128 valence electrons. The van der Waals surface area contributed by atoms with Crippen molar-refractivity contribution in [2.24, 2.45) is 0 Å². The van der Waals surface area contributed by atoms with Gasteiger partial charge < -0.3 is 10.4 Å². The molecule has 0 spiro atoms. The third kappa shape index (κ3) is 3.68. The average Bonchev–Trinajstić information content (AvgIpc) is 2.55. The molecule has 1 amide bonds. The minimum atomic E-state index is -1.73. The first-order chi connectivity index (χ1) is 10.9. The number of aromatic hydroxyl groups is 1. The number of rotatable bonds is 4. The van der Waals surface area contributed by atoms with Crippen molar-refractivity contribution < 1.29 is 27.3 Å². The molecule has 2 rings (SSSR count). The summed E-state index contributed by atoms with van der Waals surface area (Å²) >= 11 is 0. The van der Waals surface area contributed by atoms with Crippen LogP contribution in [0.15, 0.2) is 6.07 Å². The lowest BCUT2D eigenvalue weighted by Crippen LogP contribution is -2.47. The zero-order valence-electron chi connectivity index (χ0n) is 12.6. The molecule has 1 aliphatic rings. The van der Waals surface area contributed by atoms with Crippen molar-refractivity contribution in [3.63, 3.8) is 0 Å². The normalized spacial score (nSPS) is 22.6. The van der Waals surface area contributed by atoms with E-state index in [4.69, 9.17) is 0 Å². The summed E-state index contributed by atoms with van der Waals surface area (Å²) < 4.78 is 52.2. The number of carbonyl (C=O) groups excluding carboxylic acids is 1. The maximum absolute atomic E-state index is 13.8. The summed E-state index contributed by atoms with van der Waals surface area (Å²) in [5.41, 5.74) is -0.770. The molecule has 0 aromatic heterocycles. The van der Waals surface area contributed by atoms with Crippen LogP contribution in [0.3, 0.4) is 0 Å². The molecule has 0 bridgehead atoms. The lowest BCUT2D eigenvalue weighted by molar-refractivity contribution is 0.0923. The Morgan fingerprint density at radius 1 is 1.30 bits per heavy atom. The van der Waals surface area contributed by atoms with Gasteiger partial charge in [0.15, 0.2) is 17.4 Å². The van der Waals surface area contributed by atoms with E-state index in [1.807, 2.05) is 0 Å². The summed E-state index contributed by atoms with van der Waals surface area (Å²) in [6.45, 7) is 1.77. The van der Waals surface area contributed by atoms with Crippen LogP contribution in [0.5, 0.6) is 5.75 Å². The van der Waals surface area contributed by atoms with Gasteiger partial charge in [-0.15, -0.1) is 0 Å². The second-order valence-electron chi connectivity index (χ2n) is 5.45. The van der Waals surface area contributed by atoms with Crippen molar-refractivity contribution in [1.82, 2.24) is 5.32 Å². The lowest BCUT2D eigenvalue weighted by Gasteiger charge is -2.31. The Kier molecular flexibility index (Phi) is 5.67. The second kappa shape index (κ2) is 7.33. The SMILES string of the molecule is CCS(=O)C1CCCCC1NC(=O)c1cc(F)c(F)c(O)c1F. The van der Waals surface area contributed by atoms with Crippen LogP contribution in [0.25, 0.3) is 0 Å². The fraction of sp³-hybridized carbons (Fsp3) is 0.533. The molecule has 1 aromatic carbocycles. The maximum Gasteiger partial charge on any atom is 0.254 e. The summed E-state index contributed by atoms with van der Waals surface area (Å²) in [6.07, 6.45) is 2.98. The molecule has 0 saturated heterocycles. The van der Waals surface area contributed by atoms with E-state index in [2.05, 4.69) is 5.32 Å². The average molecular weight is 349 g/mol. The second-order valence-corrected chi connectivity index (χ2v) is 7.40. The number of benzene rings is 1. The fourth-order valence-electron chi connectivity index (χ4n) is 2.79. The van der Waals surface area contributed by atoms with E-state index in [0.717, 1.165) is 12.8 Å². The van der Waals surface area contributed by atoms with E-state index in [-0.39, 0.29) is 5.25 Å². The van der Waals surface area contributed by atoms with Crippen LogP contribution in [0.4, 0.5) is 13.2 Å². The van der Waals surface area contributed by atoms with E-state index < -0.39 is 51.5 Å². The van der Waals surface area contributed by atoms with Crippen molar-refractivity contribution in [3.05, 3.63) is 29.1 Å². The van der Waals surface area contributed by atoms with E-state index >= 15 is 0 Å². The van der Waals surface area contributed by atoms with E-state index in [1.165, 1.54) is 0 Å². The Hall–Kier alpha value is -1.57. The van der Waals surface area contributed by atoms with E-state index in [0.29, 0.717) is 24.7 Å². The monoisotopic (exact) mass is 349 g/mol. The smallest absolute Gasteiger partial charge is 0.254 e. The molecule has 3 atom stereocenters. The fourth-order valence-corrected chi connectivity index (χ4v) is 4.22. The van der Waals surface area contributed by atoms with Gasteiger partial charge in [-0.3, -0.25) is 9.00 Å². The first kappa shape index (κ1) is 17.8. The summed E-state index contributed by atoms with van der Waals surface area (Å²) in [7, 11) is -1.13. The van der Waals surface area contributed by atoms with Crippen molar-refractivity contribution >= 4 is 16.7 Å². The van der Waals surface area contributed by atoms with Gasteiger partial charge in [0.25, 0.3) is 5.91 Å². The minimum absolute atomic E-state index is 0.250. The number of amides is 1. The predicted octanol–water partition coefficient (Wildman–Crippen LogP) is 2.62. The van der Waals surface area contributed by atoms with Crippen LogP contribution in [0.2, 0.25) is 0 Å². The molecular formula is C15H18F3NO3S. The van der Waals surface area contributed by atoms with Crippen LogP contribution < -0.4 is 5.32 Å². The number of nitrogens with one attached hydrogen (secondary N) is 1. The lowest BCUT2D eigenvalue weighted by atomic mass is 9.94. The van der Waals surface area contributed by atoms with Gasteiger partial charge in [0.1, 0.15) is 0 Å². The number of carbonyl (C=O) groups is 1. The number of hydrogen-bond donors (Lipinski definition) is 2. The van der Waals surface area contributed by atoms with Gasteiger partial charge in [0.2, 0.25) is 5.82 Å². The largest absolute Gasteiger partial charge is 0.503 e. The number of phenols is 1. The number of hydrogen-bond acceptors (Lipinski definition) is 3. The molecule has 2 N–H and O–H groups in total. The van der Waals surface area contributed by atoms with Crippen molar-refractivity contribution in [2.75, 3.05) is 5.75 Å². The third-order valence-corrected chi connectivity index (χ3v) is 5.83. The highest BCUT2D eigenvalue weighted by Crippen LogP contribution is 2.27. The van der Waals surface area contributed by atoms with Gasteiger partial charge in [0, 0.05) is 22.6 Å². The summed E-state index contributed by atoms with van der Waals surface area (Å²) in [5, 5.41) is 11.5. The predicted molar refractivity (Wildman–Crippen MR) is 80.2 cm³/mol. The van der Waals surface area contributed by atoms with Crippen LogP contribution in [0.1, 0.15) is 43.0 Å². The zero-order chi connectivity index (χ0) is 17.1. The molecule has 1 saturated carbocycles. The highest BCUT2D eigenvalue weighted by molar-refractivity contribution is 7.85. The molecular weight excluding hydrogens is 331 g/mol. The van der Waals surface area contributed by atoms with Gasteiger partial charge in [-0.05, 0) is 18.9 Å². The molecule has 1 fully saturated rings. The van der Waals surface area contributed by atoms with Crippen LogP contribution in [-0.2, 0) is 10.8 Å². The molecule has 1 aromatic rings. The van der Waals surface area contributed by atoms with Gasteiger partial charge in [-0.2, -0.15) is 4.39 Å². The quantitative estimate of drug-likeness (QED) is 0.821. The Morgan fingerprint density at radius 2 is 1.96 bits per heavy atom. The molecule has 23 heavy (non-hydrogen) atoms. The molecule has 0 radical (unpaired) electrons. The van der Waals surface area contributed by atoms with Gasteiger partial charge in [-0.1, -0.05) is 19.8 Å². The Bertz CT molecular complexity index is 639. The minimum Gasteiger partial charge on any atom is -0.503 e. The van der Waals surface area contributed by atoms with Gasteiger partial charge >= 0.3 is 0 Å². The molecule has 1 aliphatic carbocycles. The third-order valence-electron chi connectivity index (χ3n) is 4.02. The number of phenolic OH excluding ortho intramolecular Hbond substituents is 1. The van der Waals surface area contributed by atoms with Gasteiger partial charge in [0.05, 0.1) is 10.8 Å². The Balaban J connectivity index is 2.23. The first-order valence-corrected chi connectivity index (χ1v) is 8.79. The van der Waals surface area contributed by atoms with Crippen LogP contribution in [0, 0.1) is 17.5 Å².